The van der Waals surface area contributed by atoms with Crippen molar-refractivity contribution in [3.8, 4) is 0 Å². The van der Waals surface area contributed by atoms with Gasteiger partial charge in [0.2, 0.25) is 0 Å². The van der Waals surface area contributed by atoms with Crippen molar-refractivity contribution in [1.29, 1.82) is 0 Å². The summed E-state index contributed by atoms with van der Waals surface area (Å²) < 4.78 is 0. The molecule has 1 heteroatoms. The van der Waals surface area contributed by atoms with Crippen molar-refractivity contribution < 1.29 is 0 Å². The van der Waals surface area contributed by atoms with Gasteiger partial charge in [-0.2, -0.15) is 0 Å². The molecule has 1 atom stereocenters. The molecule has 1 unspecified atom stereocenters. The van der Waals surface area contributed by atoms with Gasteiger partial charge in [-0.05, 0) is 125 Å². The van der Waals surface area contributed by atoms with E-state index < -0.39 is 0 Å². The second-order valence-corrected chi connectivity index (χ2v) is 17.1. The average Bonchev–Trinajstić information content (AvgIpc) is 3.22. The van der Waals surface area contributed by atoms with E-state index in [0.29, 0.717) is 21.7 Å². The Hall–Kier alpha value is -1.08. The molecule has 0 aromatic carbocycles. The van der Waals surface area contributed by atoms with Crippen LogP contribution in [0.1, 0.15) is 110 Å². The third-order valence-corrected chi connectivity index (χ3v) is 14.0. The van der Waals surface area contributed by atoms with Crippen molar-refractivity contribution in [3.05, 3.63) is 48.6 Å². The zero-order valence-electron chi connectivity index (χ0n) is 24.2. The zero-order chi connectivity index (χ0) is 25.4. The van der Waals surface area contributed by atoms with Crippen LogP contribution in [-0.2, 0) is 0 Å². The maximum absolute atomic E-state index is 2.62. The van der Waals surface area contributed by atoms with E-state index in [1.165, 1.54) is 57.8 Å². The minimum absolute atomic E-state index is 0.0587. The fourth-order valence-corrected chi connectivity index (χ4v) is 12.9. The topological polar surface area (TPSA) is 3.24 Å². The number of hydrogen-bond acceptors (Lipinski definition) is 1. The van der Waals surface area contributed by atoms with Crippen molar-refractivity contribution in [2.75, 3.05) is 14.1 Å². The van der Waals surface area contributed by atoms with Gasteiger partial charge in [0.15, 0.2) is 0 Å². The van der Waals surface area contributed by atoms with Crippen LogP contribution in [0, 0.1) is 43.3 Å². The first-order valence-electron chi connectivity index (χ1n) is 16.0. The Morgan fingerprint density at radius 1 is 0.568 bits per heavy atom. The van der Waals surface area contributed by atoms with Crippen molar-refractivity contribution in [2.45, 2.75) is 116 Å². The molecule has 0 amide bonds. The van der Waals surface area contributed by atoms with Crippen LogP contribution in [0.2, 0.25) is 0 Å². The fourth-order valence-electron chi connectivity index (χ4n) is 12.9. The van der Waals surface area contributed by atoms with Crippen molar-refractivity contribution in [2.24, 2.45) is 43.3 Å². The number of nitrogens with zero attached hydrogens (tertiary/aromatic N) is 1. The normalized spacial score (nSPS) is 37.3. The SMILES string of the molecule is CCC1(CC)CC2(C=CC3(C=C2)C=CC2(C=C3)CC3(C2)CC2(C3)CC3(CC4(CCC(N(C)C)C4)C3)C2)C1. The Bertz CT molecular complexity index is 1050. The van der Waals surface area contributed by atoms with Gasteiger partial charge in [0.1, 0.15) is 0 Å². The second-order valence-electron chi connectivity index (χ2n) is 17.1. The van der Waals surface area contributed by atoms with Gasteiger partial charge in [-0.3, -0.25) is 0 Å². The lowest BCUT2D eigenvalue weighted by Gasteiger charge is -2.77. The highest BCUT2D eigenvalue weighted by molar-refractivity contribution is 5.44. The van der Waals surface area contributed by atoms with E-state index in [1.807, 2.05) is 0 Å². The van der Waals surface area contributed by atoms with Crippen LogP contribution in [0.4, 0.5) is 0 Å². The summed E-state index contributed by atoms with van der Waals surface area (Å²) in [4.78, 5) is 2.49. The summed E-state index contributed by atoms with van der Waals surface area (Å²) in [5, 5.41) is 0. The first kappa shape index (κ1) is 23.8. The van der Waals surface area contributed by atoms with E-state index >= 15 is 0 Å². The molecule has 6 saturated carbocycles. The van der Waals surface area contributed by atoms with E-state index in [4.69, 9.17) is 0 Å². The molecule has 200 valence electrons. The minimum atomic E-state index is 0.0587. The standard InChI is InChI=1S/C36H51N/c1-5-29(6-2)18-31(19-29)13-9-30(10-14-31)11-15-32(16-12-30)20-34(21-32)24-36(25-34)26-35(27-36)22-33(23-35)8-7-28(17-33)37(3)4/h9-16,28H,5-8,17-27H2,1-4H3. The number of allylic oxidation sites excluding steroid dienone is 8. The Morgan fingerprint density at radius 2 is 1.00 bits per heavy atom. The van der Waals surface area contributed by atoms with E-state index in [-0.39, 0.29) is 5.41 Å². The van der Waals surface area contributed by atoms with Crippen molar-refractivity contribution in [3.63, 3.8) is 0 Å². The molecule has 6 fully saturated rings. The third-order valence-electron chi connectivity index (χ3n) is 14.0. The summed E-state index contributed by atoms with van der Waals surface area (Å²) in [6.45, 7) is 4.77. The van der Waals surface area contributed by atoms with Crippen LogP contribution < -0.4 is 0 Å². The maximum Gasteiger partial charge on any atom is 0.0424 e. The average molecular weight is 498 g/mol. The van der Waals surface area contributed by atoms with Crippen molar-refractivity contribution in [1.82, 2.24) is 4.90 Å². The van der Waals surface area contributed by atoms with Crippen LogP contribution in [0.25, 0.3) is 0 Å². The molecular formula is C36H51N. The van der Waals surface area contributed by atoms with Gasteiger partial charge >= 0.3 is 0 Å². The molecule has 0 aromatic rings. The van der Waals surface area contributed by atoms with Crippen LogP contribution in [-0.4, -0.2) is 25.0 Å². The molecule has 8 aliphatic rings. The lowest BCUT2D eigenvalue weighted by Crippen LogP contribution is -2.67. The molecule has 1 nitrogen and oxygen atoms in total. The fraction of sp³-hybridized carbons (Fsp3) is 0.778. The van der Waals surface area contributed by atoms with Gasteiger partial charge in [-0.25, -0.2) is 0 Å². The smallest absolute Gasteiger partial charge is 0.0424 e. The number of hydrogen-bond donors (Lipinski definition) is 0. The van der Waals surface area contributed by atoms with Crippen LogP contribution >= 0.6 is 0 Å². The minimum Gasteiger partial charge on any atom is -0.306 e. The summed E-state index contributed by atoms with van der Waals surface area (Å²) in [5.74, 6) is 0. The zero-order valence-corrected chi connectivity index (χ0v) is 24.2. The first-order chi connectivity index (χ1) is 17.5. The van der Waals surface area contributed by atoms with Crippen LogP contribution in [0.15, 0.2) is 48.6 Å². The molecule has 8 aliphatic carbocycles. The summed E-state index contributed by atoms with van der Waals surface area (Å²) in [7, 11) is 4.59. The molecule has 0 N–H and O–H groups in total. The Morgan fingerprint density at radius 3 is 1.43 bits per heavy atom. The van der Waals surface area contributed by atoms with E-state index in [1.54, 1.807) is 38.5 Å². The monoisotopic (exact) mass is 497 g/mol. The molecule has 0 bridgehead atoms. The number of rotatable bonds is 3. The molecule has 0 aliphatic heterocycles. The highest BCUT2D eigenvalue weighted by atomic mass is 15.1. The Balaban J connectivity index is 0.840. The second kappa shape index (κ2) is 6.97. The first-order valence-corrected chi connectivity index (χ1v) is 16.0. The lowest BCUT2D eigenvalue weighted by molar-refractivity contribution is -0.260. The van der Waals surface area contributed by atoms with Gasteiger partial charge in [0.25, 0.3) is 0 Å². The summed E-state index contributed by atoms with van der Waals surface area (Å²) in [6, 6.07) is 0.862. The van der Waals surface area contributed by atoms with Crippen molar-refractivity contribution >= 4 is 0 Å². The largest absolute Gasteiger partial charge is 0.306 e. The predicted molar refractivity (Wildman–Crippen MR) is 154 cm³/mol. The van der Waals surface area contributed by atoms with E-state index in [9.17, 15) is 0 Å². The van der Waals surface area contributed by atoms with E-state index in [0.717, 1.165) is 22.3 Å². The maximum atomic E-state index is 2.62. The van der Waals surface area contributed by atoms with Gasteiger partial charge in [0, 0.05) is 22.3 Å². The molecule has 7 spiro atoms. The summed E-state index contributed by atoms with van der Waals surface area (Å²) >= 11 is 0. The molecule has 0 saturated heterocycles. The molecule has 0 heterocycles. The third kappa shape index (κ3) is 3.25. The molecule has 8 rings (SSSR count). The molecule has 37 heavy (non-hydrogen) atoms. The summed E-state index contributed by atoms with van der Waals surface area (Å²) in [5.41, 5.74) is 4.41. The van der Waals surface area contributed by atoms with Crippen LogP contribution in [0.3, 0.4) is 0 Å². The highest BCUT2D eigenvalue weighted by Crippen LogP contribution is 2.83. The molecule has 0 aromatic heterocycles. The predicted octanol–water partition coefficient (Wildman–Crippen LogP) is 9.03. The molecule has 0 radical (unpaired) electrons. The highest BCUT2D eigenvalue weighted by Gasteiger charge is 2.73. The summed E-state index contributed by atoms with van der Waals surface area (Å²) in [6.07, 6.45) is 42.7. The van der Waals surface area contributed by atoms with E-state index in [2.05, 4.69) is 81.5 Å². The van der Waals surface area contributed by atoms with Gasteiger partial charge < -0.3 is 4.90 Å². The Kier molecular flexibility index (Phi) is 4.48. The Labute approximate surface area is 226 Å². The van der Waals surface area contributed by atoms with Gasteiger partial charge in [-0.15, -0.1) is 0 Å². The van der Waals surface area contributed by atoms with Gasteiger partial charge in [0.05, 0.1) is 0 Å². The van der Waals surface area contributed by atoms with Crippen LogP contribution in [0.5, 0.6) is 0 Å². The lowest BCUT2D eigenvalue weighted by atomic mass is 9.27. The quantitative estimate of drug-likeness (QED) is 0.352. The molecular weight excluding hydrogens is 446 g/mol. The van der Waals surface area contributed by atoms with Gasteiger partial charge in [-0.1, -0.05) is 75.3 Å².